The van der Waals surface area contributed by atoms with Crippen LogP contribution in [0.25, 0.3) is 0 Å². The van der Waals surface area contributed by atoms with Gasteiger partial charge in [0.15, 0.2) is 0 Å². The van der Waals surface area contributed by atoms with E-state index in [4.69, 9.17) is 0 Å². The van der Waals surface area contributed by atoms with E-state index >= 15 is 0 Å². The lowest BCUT2D eigenvalue weighted by Crippen LogP contribution is -2.57. The first kappa shape index (κ1) is 12.6. The summed E-state index contributed by atoms with van der Waals surface area (Å²) in [5.74, 6) is 0. The number of anilines is 1. The summed E-state index contributed by atoms with van der Waals surface area (Å²) < 4.78 is 0.890. The van der Waals surface area contributed by atoms with Crippen LogP contribution in [0.1, 0.15) is 6.92 Å². The molecular formula is C11H14IN3O2. The van der Waals surface area contributed by atoms with Crippen molar-refractivity contribution in [2.24, 2.45) is 0 Å². The van der Waals surface area contributed by atoms with Gasteiger partial charge in [0.1, 0.15) is 5.69 Å². The second kappa shape index (κ2) is 5.18. The molecule has 0 radical (unpaired) electrons. The zero-order valence-corrected chi connectivity index (χ0v) is 11.7. The van der Waals surface area contributed by atoms with Crippen molar-refractivity contribution in [1.29, 1.82) is 0 Å². The van der Waals surface area contributed by atoms with Crippen LogP contribution in [0.2, 0.25) is 0 Å². The average molecular weight is 347 g/mol. The number of nitrogens with zero attached hydrogens (tertiary/aromatic N) is 2. The van der Waals surface area contributed by atoms with Gasteiger partial charge in [0, 0.05) is 29.3 Å². The summed E-state index contributed by atoms with van der Waals surface area (Å²) in [6, 6.07) is 5.77. The Balaban J connectivity index is 2.38. The van der Waals surface area contributed by atoms with Crippen molar-refractivity contribution in [3.8, 4) is 0 Å². The van der Waals surface area contributed by atoms with Gasteiger partial charge in [0.05, 0.1) is 11.0 Å². The molecule has 1 saturated heterocycles. The van der Waals surface area contributed by atoms with Gasteiger partial charge in [-0.05, 0) is 41.6 Å². The molecule has 17 heavy (non-hydrogen) atoms. The normalized spacial score (nSPS) is 15.4. The number of nitro groups is 1. The lowest BCUT2D eigenvalue weighted by Gasteiger charge is -2.38. The minimum Gasteiger partial charge on any atom is -0.361 e. The molecule has 1 aliphatic rings. The summed E-state index contributed by atoms with van der Waals surface area (Å²) >= 11 is 2.10. The van der Waals surface area contributed by atoms with Crippen LogP contribution in [0, 0.1) is 13.7 Å². The molecule has 0 aliphatic carbocycles. The minimum atomic E-state index is -0.299. The maximum atomic E-state index is 11.1. The van der Waals surface area contributed by atoms with Gasteiger partial charge >= 0.3 is 0 Å². The Morgan fingerprint density at radius 2 is 2.29 bits per heavy atom. The molecule has 1 heterocycles. The number of likely N-dealkylation sites (N-methyl/N-ethyl adjacent to an activating group) is 1. The van der Waals surface area contributed by atoms with Gasteiger partial charge in [0.25, 0.3) is 5.69 Å². The Bertz CT molecular complexity index is 435. The van der Waals surface area contributed by atoms with Crippen molar-refractivity contribution in [2.45, 2.75) is 13.0 Å². The van der Waals surface area contributed by atoms with Crippen molar-refractivity contribution < 1.29 is 4.92 Å². The number of hydrogen-bond donors (Lipinski definition) is 1. The van der Waals surface area contributed by atoms with E-state index in [1.165, 1.54) is 0 Å². The third-order valence-corrected chi connectivity index (χ3v) is 3.66. The summed E-state index contributed by atoms with van der Waals surface area (Å²) in [7, 11) is 0. The molecule has 1 N–H and O–H groups in total. The van der Waals surface area contributed by atoms with E-state index in [1.807, 2.05) is 19.1 Å². The highest BCUT2D eigenvalue weighted by atomic mass is 127. The van der Waals surface area contributed by atoms with E-state index in [2.05, 4.69) is 32.8 Å². The summed E-state index contributed by atoms with van der Waals surface area (Å²) in [5, 5.41) is 14.3. The number of nitrogens with one attached hydrogen (secondary N) is 1. The summed E-state index contributed by atoms with van der Waals surface area (Å²) in [6.07, 6.45) is 0. The molecule has 5 nitrogen and oxygen atoms in total. The highest BCUT2D eigenvalue weighted by Gasteiger charge is 2.28. The molecule has 0 aromatic heterocycles. The number of rotatable bonds is 4. The molecule has 1 aromatic carbocycles. The van der Waals surface area contributed by atoms with Gasteiger partial charge in [-0.3, -0.25) is 10.1 Å². The van der Waals surface area contributed by atoms with Gasteiger partial charge in [0.2, 0.25) is 0 Å². The quantitative estimate of drug-likeness (QED) is 0.514. The molecule has 92 valence electrons. The van der Waals surface area contributed by atoms with Crippen LogP contribution in [0.5, 0.6) is 0 Å². The van der Waals surface area contributed by atoms with E-state index in [0.29, 0.717) is 6.04 Å². The lowest BCUT2D eigenvalue weighted by molar-refractivity contribution is -0.384. The Morgan fingerprint density at radius 3 is 2.76 bits per heavy atom. The Kier molecular flexibility index (Phi) is 3.82. The fourth-order valence-electron chi connectivity index (χ4n) is 2.00. The minimum absolute atomic E-state index is 0.200. The summed E-state index contributed by atoms with van der Waals surface area (Å²) in [5.41, 5.74) is 0.926. The molecule has 1 aliphatic heterocycles. The van der Waals surface area contributed by atoms with Crippen LogP contribution in [0.4, 0.5) is 11.4 Å². The number of halogens is 1. The second-order valence-electron chi connectivity index (χ2n) is 3.99. The SMILES string of the molecule is CCN(c1ccc(I)cc1[N+](=O)[O-])C1CNC1. The van der Waals surface area contributed by atoms with Crippen LogP contribution in [-0.4, -0.2) is 30.6 Å². The summed E-state index contributed by atoms with van der Waals surface area (Å²) in [4.78, 5) is 12.9. The fourth-order valence-corrected chi connectivity index (χ4v) is 2.48. The first-order valence-electron chi connectivity index (χ1n) is 5.54. The highest BCUT2D eigenvalue weighted by Crippen LogP contribution is 2.31. The largest absolute Gasteiger partial charge is 0.361 e. The maximum Gasteiger partial charge on any atom is 0.293 e. The van der Waals surface area contributed by atoms with Crippen molar-refractivity contribution >= 4 is 34.0 Å². The van der Waals surface area contributed by atoms with Crippen molar-refractivity contribution in [1.82, 2.24) is 5.32 Å². The average Bonchev–Trinajstić information content (AvgIpc) is 2.23. The molecule has 0 atom stereocenters. The Labute approximate surface area is 113 Å². The van der Waals surface area contributed by atoms with E-state index < -0.39 is 0 Å². The predicted molar refractivity (Wildman–Crippen MR) is 75.5 cm³/mol. The number of nitro benzene ring substituents is 1. The standard InChI is InChI=1S/C11H14IN3O2/c1-2-14(9-6-13-7-9)10-4-3-8(12)5-11(10)15(16)17/h3-5,9,13H,2,6-7H2,1H3. The molecule has 0 unspecified atom stereocenters. The predicted octanol–water partition coefficient (Wildman–Crippen LogP) is 2.00. The zero-order valence-electron chi connectivity index (χ0n) is 9.52. The molecule has 0 bridgehead atoms. The highest BCUT2D eigenvalue weighted by molar-refractivity contribution is 14.1. The second-order valence-corrected chi connectivity index (χ2v) is 5.23. The van der Waals surface area contributed by atoms with Gasteiger partial charge < -0.3 is 10.2 Å². The maximum absolute atomic E-state index is 11.1. The Morgan fingerprint density at radius 1 is 1.59 bits per heavy atom. The van der Waals surface area contributed by atoms with Crippen molar-refractivity contribution in [3.05, 3.63) is 31.9 Å². The van der Waals surface area contributed by atoms with E-state index in [0.717, 1.165) is 28.9 Å². The fraction of sp³-hybridized carbons (Fsp3) is 0.455. The molecular weight excluding hydrogens is 333 g/mol. The van der Waals surface area contributed by atoms with Gasteiger partial charge in [-0.15, -0.1) is 0 Å². The van der Waals surface area contributed by atoms with Crippen molar-refractivity contribution in [3.63, 3.8) is 0 Å². The van der Waals surface area contributed by atoms with Crippen molar-refractivity contribution in [2.75, 3.05) is 24.5 Å². The smallest absolute Gasteiger partial charge is 0.293 e. The van der Waals surface area contributed by atoms with E-state index in [1.54, 1.807) is 6.07 Å². The van der Waals surface area contributed by atoms with E-state index in [9.17, 15) is 10.1 Å². The van der Waals surface area contributed by atoms with Crippen LogP contribution in [0.15, 0.2) is 18.2 Å². The third kappa shape index (κ3) is 2.52. The van der Waals surface area contributed by atoms with Gasteiger partial charge in [-0.1, -0.05) is 0 Å². The third-order valence-electron chi connectivity index (χ3n) is 2.98. The van der Waals surface area contributed by atoms with Gasteiger partial charge in [-0.2, -0.15) is 0 Å². The zero-order chi connectivity index (χ0) is 12.4. The first-order chi connectivity index (χ1) is 8.13. The Hall–Kier alpha value is -0.890. The van der Waals surface area contributed by atoms with Crippen LogP contribution in [0.3, 0.4) is 0 Å². The van der Waals surface area contributed by atoms with Crippen LogP contribution < -0.4 is 10.2 Å². The molecule has 0 spiro atoms. The van der Waals surface area contributed by atoms with Crippen LogP contribution >= 0.6 is 22.6 Å². The topological polar surface area (TPSA) is 58.4 Å². The molecule has 0 saturated carbocycles. The van der Waals surface area contributed by atoms with E-state index in [-0.39, 0.29) is 10.6 Å². The molecule has 6 heteroatoms. The lowest BCUT2D eigenvalue weighted by atomic mass is 10.1. The first-order valence-corrected chi connectivity index (χ1v) is 6.62. The molecule has 1 fully saturated rings. The summed E-state index contributed by atoms with van der Waals surface area (Å²) in [6.45, 7) is 4.61. The molecule has 0 amide bonds. The molecule has 2 rings (SSSR count). The number of benzene rings is 1. The van der Waals surface area contributed by atoms with Crippen LogP contribution in [-0.2, 0) is 0 Å². The molecule has 1 aromatic rings. The van der Waals surface area contributed by atoms with Gasteiger partial charge in [-0.25, -0.2) is 0 Å². The number of hydrogen-bond acceptors (Lipinski definition) is 4. The monoisotopic (exact) mass is 347 g/mol.